The third-order valence-electron chi connectivity index (χ3n) is 9.68. The van der Waals surface area contributed by atoms with Gasteiger partial charge in [-0.3, -0.25) is 14.9 Å². The predicted molar refractivity (Wildman–Crippen MR) is 162 cm³/mol. The number of fused-ring (bicyclic) bond motifs is 2. The van der Waals surface area contributed by atoms with E-state index in [1.54, 1.807) is 24.0 Å². The largest absolute Gasteiger partial charge is 0.371 e. The van der Waals surface area contributed by atoms with Crippen LogP contribution in [0.15, 0.2) is 54.3 Å². The second-order valence-corrected chi connectivity index (χ2v) is 13.1. The molecule has 2 N–H and O–H groups in total. The Kier molecular flexibility index (Phi) is 6.34. The number of nitrogens with one attached hydrogen (secondary N) is 2. The Balaban J connectivity index is 1.07. The van der Waals surface area contributed by atoms with Crippen molar-refractivity contribution in [1.29, 1.82) is 0 Å². The van der Waals surface area contributed by atoms with Crippen molar-refractivity contribution in [2.75, 3.05) is 36.4 Å². The molecule has 4 aliphatic heterocycles. The van der Waals surface area contributed by atoms with Crippen LogP contribution in [0.3, 0.4) is 0 Å². The summed E-state index contributed by atoms with van der Waals surface area (Å²) >= 11 is 1.30. The number of anilines is 2. The number of piperidine rings is 1. The third kappa shape index (κ3) is 4.53. The molecular formula is C32H32FN7O2S. The minimum atomic E-state index is -1.00. The summed E-state index contributed by atoms with van der Waals surface area (Å²) in [5.74, 6) is -1.23. The van der Waals surface area contributed by atoms with Crippen molar-refractivity contribution in [1.82, 2.24) is 24.8 Å². The molecule has 8 rings (SSSR count). The van der Waals surface area contributed by atoms with Crippen LogP contribution < -0.4 is 15.5 Å². The van der Waals surface area contributed by atoms with E-state index in [1.165, 1.54) is 35.1 Å². The number of hydrogen-bond acceptors (Lipinski definition) is 7. The number of aryl methyl sites for hydroxylation is 1. The molecule has 1 unspecified atom stereocenters. The molecule has 0 bridgehead atoms. The summed E-state index contributed by atoms with van der Waals surface area (Å²) in [5, 5.41) is 8.47. The lowest BCUT2D eigenvalue weighted by atomic mass is 9.73. The molecule has 2 aromatic heterocycles. The summed E-state index contributed by atoms with van der Waals surface area (Å²) < 4.78 is 17.7. The zero-order valence-corrected chi connectivity index (χ0v) is 24.5. The summed E-state index contributed by atoms with van der Waals surface area (Å²) in [6.45, 7) is 5.15. The molecule has 220 valence electrons. The molecular weight excluding hydrogens is 565 g/mol. The molecule has 11 heteroatoms. The van der Waals surface area contributed by atoms with Crippen molar-refractivity contribution in [3.63, 3.8) is 0 Å². The van der Waals surface area contributed by atoms with Crippen LogP contribution in [0.1, 0.15) is 52.6 Å². The van der Waals surface area contributed by atoms with E-state index in [-0.39, 0.29) is 18.0 Å². The fourth-order valence-electron chi connectivity index (χ4n) is 7.10. The average Bonchev–Trinajstić information content (AvgIpc) is 3.81. The van der Waals surface area contributed by atoms with Crippen LogP contribution >= 0.6 is 11.3 Å². The molecule has 6 heterocycles. The lowest BCUT2D eigenvalue weighted by molar-refractivity contribution is -0.121. The maximum absolute atomic E-state index is 15.7. The first-order valence-electron chi connectivity index (χ1n) is 14.9. The molecule has 2 saturated heterocycles. The SMILES string of the molecule is O=C(Nc1nccs1)C(c1ncn2c1CCC2)N1Cc2c(F)cc(-c3ccc(N4CCC5(CC4)CNC5)cc3)cc2C1=O. The molecule has 9 nitrogen and oxygen atoms in total. The number of nitrogens with zero attached hydrogens (tertiary/aromatic N) is 5. The van der Waals surface area contributed by atoms with Gasteiger partial charge in [-0.1, -0.05) is 12.1 Å². The number of aromatic nitrogens is 3. The first-order chi connectivity index (χ1) is 21.0. The lowest BCUT2D eigenvalue weighted by Gasteiger charge is -2.49. The quantitative estimate of drug-likeness (QED) is 0.337. The standard InChI is InChI=1S/C32H32FN7O2S/c33-25-15-21(20-3-5-22(6-4-20)38-11-7-32(8-12-38)17-34-18-32)14-23-24(25)16-40(30(23)42)28(29(41)37-31-35-9-13-43-31)27-26-2-1-10-39(26)19-36-27/h3-6,9,13-15,19,28,34H,1-2,7-8,10-12,16-18H2,(H,35,37,41). The van der Waals surface area contributed by atoms with Gasteiger partial charge in [0, 0.05) is 66.8 Å². The highest BCUT2D eigenvalue weighted by molar-refractivity contribution is 7.13. The highest BCUT2D eigenvalue weighted by atomic mass is 32.1. The Morgan fingerprint density at radius 2 is 1.88 bits per heavy atom. The van der Waals surface area contributed by atoms with Crippen LogP contribution in [0.25, 0.3) is 11.1 Å². The molecule has 2 aromatic carbocycles. The molecule has 4 aromatic rings. The van der Waals surface area contributed by atoms with Gasteiger partial charge in [0.1, 0.15) is 5.82 Å². The summed E-state index contributed by atoms with van der Waals surface area (Å²) in [4.78, 5) is 40.3. The van der Waals surface area contributed by atoms with Crippen molar-refractivity contribution >= 4 is 34.0 Å². The molecule has 43 heavy (non-hydrogen) atoms. The van der Waals surface area contributed by atoms with Crippen molar-refractivity contribution in [3.8, 4) is 11.1 Å². The fraction of sp³-hybridized carbons (Fsp3) is 0.375. The maximum Gasteiger partial charge on any atom is 0.255 e. The molecule has 0 aliphatic carbocycles. The van der Waals surface area contributed by atoms with Gasteiger partial charge < -0.3 is 19.7 Å². The van der Waals surface area contributed by atoms with E-state index in [9.17, 15) is 9.59 Å². The van der Waals surface area contributed by atoms with Crippen molar-refractivity contribution in [2.45, 2.75) is 44.8 Å². The van der Waals surface area contributed by atoms with Crippen molar-refractivity contribution < 1.29 is 14.0 Å². The van der Waals surface area contributed by atoms with Gasteiger partial charge in [-0.2, -0.15) is 0 Å². The minimum absolute atomic E-state index is 0.00650. The topological polar surface area (TPSA) is 95.4 Å². The first kappa shape index (κ1) is 26.5. The van der Waals surface area contributed by atoms with Crippen molar-refractivity contribution in [3.05, 3.63) is 82.6 Å². The summed E-state index contributed by atoms with van der Waals surface area (Å²) in [6.07, 6.45) is 7.45. The van der Waals surface area contributed by atoms with Crippen molar-refractivity contribution in [2.24, 2.45) is 5.41 Å². The number of hydrogen-bond donors (Lipinski definition) is 2. The van der Waals surface area contributed by atoms with E-state index in [1.807, 2.05) is 16.7 Å². The number of carbonyl (C=O) groups is 2. The minimum Gasteiger partial charge on any atom is -0.371 e. The average molecular weight is 598 g/mol. The van der Waals surface area contributed by atoms with Gasteiger partial charge in [-0.25, -0.2) is 14.4 Å². The zero-order chi connectivity index (χ0) is 29.1. The monoisotopic (exact) mass is 597 g/mol. The van der Waals surface area contributed by atoms with E-state index < -0.39 is 17.8 Å². The molecule has 2 fully saturated rings. The van der Waals surface area contributed by atoms with Gasteiger partial charge in [0.15, 0.2) is 11.2 Å². The number of thiazole rings is 1. The molecule has 1 atom stereocenters. The number of amides is 2. The molecule has 2 amide bonds. The van der Waals surface area contributed by atoms with E-state index in [4.69, 9.17) is 0 Å². The van der Waals surface area contributed by atoms with Gasteiger partial charge >= 0.3 is 0 Å². The second-order valence-electron chi connectivity index (χ2n) is 12.2. The summed E-state index contributed by atoms with van der Waals surface area (Å²) in [7, 11) is 0. The van der Waals surface area contributed by atoms with Crippen LogP contribution in [0.4, 0.5) is 15.2 Å². The third-order valence-corrected chi connectivity index (χ3v) is 10.4. The fourth-order valence-corrected chi connectivity index (χ4v) is 7.63. The zero-order valence-electron chi connectivity index (χ0n) is 23.7. The van der Waals surface area contributed by atoms with Crippen LogP contribution in [0.2, 0.25) is 0 Å². The van der Waals surface area contributed by atoms with E-state index in [2.05, 4.69) is 37.6 Å². The Morgan fingerprint density at radius 1 is 1.07 bits per heavy atom. The Hall–Kier alpha value is -4.09. The number of imidazole rings is 1. The van der Waals surface area contributed by atoms with Gasteiger partial charge in [0.2, 0.25) is 0 Å². The van der Waals surface area contributed by atoms with Crippen LogP contribution in [-0.4, -0.2) is 57.4 Å². The smallest absolute Gasteiger partial charge is 0.255 e. The highest BCUT2D eigenvalue weighted by Gasteiger charge is 2.42. The number of benzene rings is 2. The van der Waals surface area contributed by atoms with Gasteiger partial charge in [-0.05, 0) is 66.5 Å². The van der Waals surface area contributed by atoms with Gasteiger partial charge in [-0.15, -0.1) is 11.3 Å². The second kappa shape index (κ2) is 10.3. The lowest BCUT2D eigenvalue weighted by Crippen LogP contribution is -2.58. The van der Waals surface area contributed by atoms with E-state index >= 15 is 4.39 Å². The van der Waals surface area contributed by atoms with Crippen LogP contribution in [0.5, 0.6) is 0 Å². The number of carbonyl (C=O) groups excluding carboxylic acids is 2. The Morgan fingerprint density at radius 3 is 2.60 bits per heavy atom. The molecule has 0 radical (unpaired) electrons. The Bertz CT molecular complexity index is 1700. The molecule has 0 saturated carbocycles. The van der Waals surface area contributed by atoms with E-state index in [0.717, 1.165) is 62.5 Å². The van der Waals surface area contributed by atoms with E-state index in [0.29, 0.717) is 27.4 Å². The van der Waals surface area contributed by atoms with Crippen LogP contribution in [0, 0.1) is 11.2 Å². The number of halogens is 1. The van der Waals surface area contributed by atoms with Gasteiger partial charge in [0.05, 0.1) is 18.6 Å². The molecule has 1 spiro atoms. The highest BCUT2D eigenvalue weighted by Crippen LogP contribution is 2.39. The first-order valence-corrected chi connectivity index (χ1v) is 15.8. The summed E-state index contributed by atoms with van der Waals surface area (Å²) in [6, 6.07) is 10.4. The Labute approximate surface area is 252 Å². The normalized spacial score (nSPS) is 19.3. The van der Waals surface area contributed by atoms with Gasteiger partial charge in [0.25, 0.3) is 11.8 Å². The predicted octanol–water partition coefficient (Wildman–Crippen LogP) is 4.62. The van der Waals surface area contributed by atoms with Crippen LogP contribution in [-0.2, 0) is 24.3 Å². The maximum atomic E-state index is 15.7. The molecule has 4 aliphatic rings. The summed E-state index contributed by atoms with van der Waals surface area (Å²) in [5.41, 5.74) is 5.21. The number of rotatable bonds is 6.